The molecule has 0 saturated carbocycles. The summed E-state index contributed by atoms with van der Waals surface area (Å²) in [7, 11) is 1.93. The average molecular weight is 341 g/mol. The van der Waals surface area contributed by atoms with Gasteiger partial charge in [-0.15, -0.1) is 0 Å². The first-order chi connectivity index (χ1) is 12.2. The van der Waals surface area contributed by atoms with Gasteiger partial charge in [-0.25, -0.2) is 0 Å². The smallest absolute Gasteiger partial charge is 0.253 e. The molecule has 0 aromatic carbocycles. The number of carbonyl (C=O) groups excluding carboxylic acids is 1. The van der Waals surface area contributed by atoms with E-state index in [9.17, 15) is 4.79 Å². The summed E-state index contributed by atoms with van der Waals surface area (Å²) in [6.45, 7) is 2.79. The monoisotopic (exact) mass is 341 g/mol. The Hall–Kier alpha value is -2.25. The molecule has 132 valence electrons. The van der Waals surface area contributed by atoms with Crippen LogP contribution in [-0.2, 0) is 23.1 Å². The molecule has 7 heteroatoms. The maximum Gasteiger partial charge on any atom is 0.253 e. The normalized spacial score (nSPS) is 26.4. The van der Waals surface area contributed by atoms with Crippen molar-refractivity contribution in [1.29, 1.82) is 0 Å². The molecule has 2 aromatic rings. The van der Waals surface area contributed by atoms with Crippen molar-refractivity contribution in [1.82, 2.24) is 19.7 Å². The summed E-state index contributed by atoms with van der Waals surface area (Å²) in [6.07, 6.45) is 8.93. The predicted octanol–water partition coefficient (Wildman–Crippen LogP) is 1.43. The number of hydrogen-bond acceptors (Lipinski definition) is 5. The molecule has 0 spiro atoms. The van der Waals surface area contributed by atoms with Crippen LogP contribution in [0, 0.1) is 5.92 Å². The summed E-state index contributed by atoms with van der Waals surface area (Å²) >= 11 is 0. The summed E-state index contributed by atoms with van der Waals surface area (Å²) in [4.78, 5) is 18.9. The second-order valence-corrected chi connectivity index (χ2v) is 6.94. The van der Waals surface area contributed by atoms with E-state index in [-0.39, 0.29) is 18.1 Å². The second-order valence-electron chi connectivity index (χ2n) is 6.94. The van der Waals surface area contributed by atoms with Gasteiger partial charge in [-0.1, -0.05) is 0 Å². The lowest BCUT2D eigenvalue weighted by molar-refractivity contribution is -0.127. The second kappa shape index (κ2) is 6.93. The van der Waals surface area contributed by atoms with Gasteiger partial charge in [0.2, 0.25) is 0 Å². The number of carbonyl (C=O) groups is 1. The molecule has 4 heterocycles. The first-order valence-corrected chi connectivity index (χ1v) is 8.73. The fourth-order valence-electron chi connectivity index (χ4n) is 3.78. The molecule has 1 amide bonds. The zero-order chi connectivity index (χ0) is 17.2. The molecule has 2 fully saturated rings. The van der Waals surface area contributed by atoms with E-state index >= 15 is 0 Å². The highest BCUT2D eigenvalue weighted by molar-refractivity contribution is 5.94. The van der Waals surface area contributed by atoms with Crippen LogP contribution in [-0.4, -0.2) is 50.9 Å². The van der Waals surface area contributed by atoms with E-state index in [4.69, 9.17) is 4.74 Å². The van der Waals surface area contributed by atoms with Crippen molar-refractivity contribution in [2.75, 3.05) is 18.4 Å². The zero-order valence-corrected chi connectivity index (χ0v) is 14.3. The zero-order valence-electron chi connectivity index (χ0n) is 14.3. The number of piperidine rings is 1. The van der Waals surface area contributed by atoms with Gasteiger partial charge in [0, 0.05) is 38.1 Å². The van der Waals surface area contributed by atoms with Crippen LogP contribution in [0.4, 0.5) is 5.69 Å². The summed E-state index contributed by atoms with van der Waals surface area (Å²) in [5, 5.41) is 7.12. The van der Waals surface area contributed by atoms with Crippen molar-refractivity contribution < 1.29 is 9.53 Å². The molecule has 0 unspecified atom stereocenters. The standard InChI is InChI=1S/C18H23N5O2/c1-22-10-13(8-20-22)11-23-6-4-14-7-16(25-17(14)12-23)18(24)21-15-3-2-5-19-9-15/h2-3,5,8-10,14,16-17H,4,6-7,11-12H2,1H3,(H,21,24)/t14-,16+,17-/m0/s1. The molecule has 1 N–H and O–H groups in total. The van der Waals surface area contributed by atoms with Crippen molar-refractivity contribution in [2.24, 2.45) is 13.0 Å². The molecule has 0 bridgehead atoms. The number of anilines is 1. The minimum absolute atomic E-state index is 0.0683. The van der Waals surface area contributed by atoms with Crippen molar-refractivity contribution in [2.45, 2.75) is 31.6 Å². The number of amides is 1. The highest BCUT2D eigenvalue weighted by Gasteiger charge is 2.41. The van der Waals surface area contributed by atoms with Crippen LogP contribution in [0.1, 0.15) is 18.4 Å². The van der Waals surface area contributed by atoms with Crippen LogP contribution in [0.2, 0.25) is 0 Å². The lowest BCUT2D eigenvalue weighted by Crippen LogP contribution is -2.41. The fourth-order valence-corrected chi connectivity index (χ4v) is 3.78. The lowest BCUT2D eigenvalue weighted by Gasteiger charge is -2.33. The Kier molecular flexibility index (Phi) is 4.50. The first kappa shape index (κ1) is 16.2. The number of rotatable bonds is 4. The maximum atomic E-state index is 12.4. The van der Waals surface area contributed by atoms with Gasteiger partial charge in [-0.3, -0.25) is 19.4 Å². The van der Waals surface area contributed by atoms with E-state index in [0.717, 1.165) is 32.5 Å². The van der Waals surface area contributed by atoms with Crippen LogP contribution in [0.25, 0.3) is 0 Å². The Balaban J connectivity index is 1.33. The Morgan fingerprint density at radius 2 is 2.36 bits per heavy atom. The fraction of sp³-hybridized carbons (Fsp3) is 0.500. The third kappa shape index (κ3) is 3.72. The van der Waals surface area contributed by atoms with Gasteiger partial charge in [0.05, 0.1) is 24.2 Å². The van der Waals surface area contributed by atoms with E-state index in [1.165, 1.54) is 5.56 Å². The number of fused-ring (bicyclic) bond motifs is 1. The van der Waals surface area contributed by atoms with Gasteiger partial charge in [0.25, 0.3) is 5.91 Å². The van der Waals surface area contributed by atoms with E-state index in [2.05, 4.69) is 20.3 Å². The van der Waals surface area contributed by atoms with Gasteiger partial charge in [-0.05, 0) is 37.4 Å². The molecule has 2 aromatic heterocycles. The molecule has 2 saturated heterocycles. The maximum absolute atomic E-state index is 12.4. The van der Waals surface area contributed by atoms with Gasteiger partial charge < -0.3 is 10.1 Å². The third-order valence-electron chi connectivity index (χ3n) is 5.02. The summed E-state index contributed by atoms with van der Waals surface area (Å²) in [6, 6.07) is 3.64. The van der Waals surface area contributed by atoms with Crippen molar-refractivity contribution in [3.63, 3.8) is 0 Å². The Morgan fingerprint density at radius 3 is 3.12 bits per heavy atom. The molecule has 4 rings (SSSR count). The number of pyridine rings is 1. The summed E-state index contributed by atoms with van der Waals surface area (Å²) in [5.41, 5.74) is 1.92. The number of likely N-dealkylation sites (tertiary alicyclic amines) is 1. The van der Waals surface area contributed by atoms with Crippen LogP contribution in [0.5, 0.6) is 0 Å². The molecule has 0 aliphatic carbocycles. The van der Waals surface area contributed by atoms with Gasteiger partial charge in [0.15, 0.2) is 0 Å². The van der Waals surface area contributed by atoms with Crippen molar-refractivity contribution in [3.8, 4) is 0 Å². The predicted molar refractivity (Wildman–Crippen MR) is 92.7 cm³/mol. The van der Waals surface area contributed by atoms with Gasteiger partial charge in [-0.2, -0.15) is 5.10 Å². The quantitative estimate of drug-likeness (QED) is 0.911. The van der Waals surface area contributed by atoms with E-state index in [0.29, 0.717) is 11.6 Å². The average Bonchev–Trinajstić information content (AvgIpc) is 3.21. The summed E-state index contributed by atoms with van der Waals surface area (Å²) < 4.78 is 7.90. The highest BCUT2D eigenvalue weighted by atomic mass is 16.5. The van der Waals surface area contributed by atoms with Crippen LogP contribution < -0.4 is 5.32 Å². The molecule has 25 heavy (non-hydrogen) atoms. The largest absolute Gasteiger partial charge is 0.364 e. The third-order valence-corrected chi connectivity index (χ3v) is 5.02. The summed E-state index contributed by atoms with van der Waals surface area (Å²) in [5.74, 6) is 0.399. The molecular weight excluding hydrogens is 318 g/mol. The van der Waals surface area contributed by atoms with Crippen molar-refractivity contribution in [3.05, 3.63) is 42.5 Å². The van der Waals surface area contributed by atoms with Crippen molar-refractivity contribution >= 4 is 11.6 Å². The molecule has 0 radical (unpaired) electrons. The number of ether oxygens (including phenoxy) is 1. The Labute approximate surface area is 147 Å². The SMILES string of the molecule is Cn1cc(CN2CC[C@H]3C[C@H](C(=O)Nc4cccnc4)O[C@H]3C2)cn1. The Morgan fingerprint density at radius 1 is 1.44 bits per heavy atom. The molecule has 7 nitrogen and oxygen atoms in total. The number of aromatic nitrogens is 3. The van der Waals surface area contributed by atoms with Crippen LogP contribution >= 0.6 is 0 Å². The van der Waals surface area contributed by atoms with Crippen LogP contribution in [0.15, 0.2) is 36.9 Å². The number of nitrogens with one attached hydrogen (secondary N) is 1. The first-order valence-electron chi connectivity index (χ1n) is 8.73. The van der Waals surface area contributed by atoms with E-state index in [1.54, 1.807) is 18.5 Å². The molecular formula is C18H23N5O2. The minimum Gasteiger partial charge on any atom is -0.364 e. The van der Waals surface area contributed by atoms with Gasteiger partial charge in [0.1, 0.15) is 6.10 Å². The Bertz CT molecular complexity index is 732. The highest BCUT2D eigenvalue weighted by Crippen LogP contribution is 2.34. The molecule has 3 atom stereocenters. The van der Waals surface area contributed by atoms with E-state index < -0.39 is 0 Å². The molecule has 2 aliphatic rings. The number of aryl methyl sites for hydroxylation is 1. The van der Waals surface area contributed by atoms with E-state index in [1.807, 2.05) is 30.2 Å². The number of nitrogens with zero attached hydrogens (tertiary/aromatic N) is 4. The topological polar surface area (TPSA) is 72.3 Å². The van der Waals surface area contributed by atoms with Crippen LogP contribution in [0.3, 0.4) is 0 Å². The minimum atomic E-state index is -0.367. The number of hydrogen-bond donors (Lipinski definition) is 1. The molecule has 2 aliphatic heterocycles. The van der Waals surface area contributed by atoms with Gasteiger partial charge >= 0.3 is 0 Å². The lowest BCUT2D eigenvalue weighted by atomic mass is 9.91.